The van der Waals surface area contributed by atoms with Crippen molar-refractivity contribution in [1.82, 2.24) is 9.97 Å². The van der Waals surface area contributed by atoms with Gasteiger partial charge in [0.05, 0.1) is 21.4 Å². The molecule has 0 aliphatic carbocycles. The van der Waals surface area contributed by atoms with Crippen LogP contribution in [0.4, 0.5) is 10.8 Å². The molecule has 0 bridgehead atoms. The van der Waals surface area contributed by atoms with Crippen LogP contribution in [0.1, 0.15) is 5.56 Å². The average molecular weight is 411 g/mol. The molecule has 0 atom stereocenters. The Labute approximate surface area is 179 Å². The third kappa shape index (κ3) is 3.48. The minimum Gasteiger partial charge on any atom is -0.378 e. The number of para-hydroxylation sites is 1. The van der Waals surface area contributed by atoms with Crippen LogP contribution in [0.5, 0.6) is 0 Å². The van der Waals surface area contributed by atoms with Crippen LogP contribution < -0.4 is 10.2 Å². The normalized spacial score (nSPS) is 11.1. The fourth-order valence-electron chi connectivity index (χ4n) is 3.57. The molecule has 0 amide bonds. The highest BCUT2D eigenvalue weighted by Crippen LogP contribution is 2.38. The quantitative estimate of drug-likeness (QED) is 0.375. The number of aromatic nitrogens is 2. The van der Waals surface area contributed by atoms with E-state index in [0.717, 1.165) is 44.1 Å². The number of nitrogens with zero attached hydrogens (tertiary/aromatic N) is 3. The van der Waals surface area contributed by atoms with E-state index in [1.807, 2.05) is 18.2 Å². The number of thiazole rings is 1. The van der Waals surface area contributed by atoms with Crippen LogP contribution in [0.15, 0.2) is 78.9 Å². The number of rotatable bonds is 5. The van der Waals surface area contributed by atoms with Crippen molar-refractivity contribution in [3.63, 3.8) is 0 Å². The van der Waals surface area contributed by atoms with E-state index in [4.69, 9.17) is 9.97 Å². The third-order valence-electron chi connectivity index (χ3n) is 5.18. The zero-order valence-electron chi connectivity index (χ0n) is 17.0. The fraction of sp³-hybridized carbons (Fsp3) is 0.120. The van der Waals surface area contributed by atoms with Crippen molar-refractivity contribution in [1.29, 1.82) is 0 Å². The molecule has 5 aromatic rings. The minimum atomic E-state index is 0.749. The average Bonchev–Trinajstić information content (AvgIpc) is 3.22. The Balaban J connectivity index is 1.61. The zero-order chi connectivity index (χ0) is 20.5. The van der Waals surface area contributed by atoms with Gasteiger partial charge in [-0.3, -0.25) is 0 Å². The van der Waals surface area contributed by atoms with Gasteiger partial charge in [0.25, 0.3) is 0 Å². The molecule has 2 heterocycles. The molecule has 2 aromatic heterocycles. The molecule has 0 fully saturated rings. The molecule has 0 saturated carbocycles. The summed E-state index contributed by atoms with van der Waals surface area (Å²) in [5.74, 6) is 0. The van der Waals surface area contributed by atoms with E-state index in [-0.39, 0.29) is 0 Å². The number of pyridine rings is 1. The van der Waals surface area contributed by atoms with Gasteiger partial charge in [-0.05, 0) is 23.8 Å². The van der Waals surface area contributed by atoms with Crippen molar-refractivity contribution >= 4 is 43.3 Å². The standard InChI is InChI=1S/C25H22N4S/c1-29(2)19-14-12-18(13-15-19)22-24-23(20-10-6-7-11-21(20)27-22)28-25(30-24)26-16-17-8-4-3-5-9-17/h3-15H,16H2,1-2H3,(H,26,28). The third-order valence-corrected chi connectivity index (χ3v) is 6.20. The lowest BCUT2D eigenvalue weighted by molar-refractivity contribution is 1.13. The summed E-state index contributed by atoms with van der Waals surface area (Å²) in [5, 5.41) is 5.49. The highest BCUT2D eigenvalue weighted by Gasteiger charge is 2.15. The second-order valence-corrected chi connectivity index (χ2v) is 8.45. The van der Waals surface area contributed by atoms with Crippen molar-refractivity contribution < 1.29 is 0 Å². The van der Waals surface area contributed by atoms with Gasteiger partial charge in [0, 0.05) is 37.3 Å². The predicted molar refractivity (Wildman–Crippen MR) is 128 cm³/mol. The Hall–Kier alpha value is -3.44. The molecule has 0 aliphatic heterocycles. The molecular formula is C25H22N4S. The smallest absolute Gasteiger partial charge is 0.184 e. The second kappa shape index (κ2) is 7.76. The Morgan fingerprint density at radius 3 is 2.33 bits per heavy atom. The molecule has 0 unspecified atom stereocenters. The molecule has 3 aromatic carbocycles. The monoisotopic (exact) mass is 410 g/mol. The van der Waals surface area contributed by atoms with Crippen molar-refractivity contribution in [2.24, 2.45) is 0 Å². The number of hydrogen-bond donors (Lipinski definition) is 1. The Kier molecular flexibility index (Phi) is 4.81. The molecule has 5 heteroatoms. The van der Waals surface area contributed by atoms with Gasteiger partial charge in [-0.1, -0.05) is 72.0 Å². The van der Waals surface area contributed by atoms with Gasteiger partial charge in [-0.15, -0.1) is 0 Å². The van der Waals surface area contributed by atoms with Crippen LogP contribution in [0.2, 0.25) is 0 Å². The summed E-state index contributed by atoms with van der Waals surface area (Å²) in [7, 11) is 4.10. The van der Waals surface area contributed by atoms with E-state index in [9.17, 15) is 0 Å². The van der Waals surface area contributed by atoms with Crippen molar-refractivity contribution in [2.45, 2.75) is 6.54 Å². The lowest BCUT2D eigenvalue weighted by Crippen LogP contribution is -2.07. The van der Waals surface area contributed by atoms with Gasteiger partial charge in [0.15, 0.2) is 5.13 Å². The highest BCUT2D eigenvalue weighted by atomic mass is 32.1. The number of nitrogens with one attached hydrogen (secondary N) is 1. The second-order valence-electron chi connectivity index (χ2n) is 7.45. The maximum Gasteiger partial charge on any atom is 0.184 e. The Morgan fingerprint density at radius 2 is 1.57 bits per heavy atom. The first-order chi connectivity index (χ1) is 14.7. The Morgan fingerprint density at radius 1 is 0.833 bits per heavy atom. The summed E-state index contributed by atoms with van der Waals surface area (Å²) in [4.78, 5) is 12.1. The fourth-order valence-corrected chi connectivity index (χ4v) is 4.56. The summed E-state index contributed by atoms with van der Waals surface area (Å²) in [6, 6.07) is 27.2. The van der Waals surface area contributed by atoms with E-state index in [2.05, 4.69) is 85.0 Å². The van der Waals surface area contributed by atoms with Gasteiger partial charge < -0.3 is 10.2 Å². The van der Waals surface area contributed by atoms with Crippen LogP contribution in [-0.2, 0) is 6.54 Å². The lowest BCUT2D eigenvalue weighted by Gasteiger charge is -2.13. The maximum atomic E-state index is 5.01. The minimum absolute atomic E-state index is 0.749. The van der Waals surface area contributed by atoms with Crippen LogP contribution in [0.3, 0.4) is 0 Å². The first kappa shape index (κ1) is 18.6. The predicted octanol–water partition coefficient (Wildman–Crippen LogP) is 6.19. The van der Waals surface area contributed by atoms with E-state index in [0.29, 0.717) is 0 Å². The van der Waals surface area contributed by atoms with Crippen molar-refractivity contribution in [2.75, 3.05) is 24.3 Å². The highest BCUT2D eigenvalue weighted by molar-refractivity contribution is 7.22. The zero-order valence-corrected chi connectivity index (χ0v) is 17.8. The van der Waals surface area contributed by atoms with Crippen LogP contribution in [-0.4, -0.2) is 24.1 Å². The molecule has 4 nitrogen and oxygen atoms in total. The number of fused-ring (bicyclic) bond motifs is 3. The molecule has 1 N–H and O–H groups in total. The molecule has 30 heavy (non-hydrogen) atoms. The van der Waals surface area contributed by atoms with Crippen molar-refractivity contribution in [3.05, 3.63) is 84.4 Å². The summed E-state index contributed by atoms with van der Waals surface area (Å²) in [5.41, 5.74) is 6.47. The largest absolute Gasteiger partial charge is 0.378 e. The molecule has 0 aliphatic rings. The van der Waals surface area contributed by atoms with E-state index in [1.54, 1.807) is 11.3 Å². The number of hydrogen-bond acceptors (Lipinski definition) is 5. The summed E-state index contributed by atoms with van der Waals surface area (Å²) < 4.78 is 1.11. The van der Waals surface area contributed by atoms with Gasteiger partial charge in [-0.2, -0.15) is 0 Å². The first-order valence-electron chi connectivity index (χ1n) is 9.94. The van der Waals surface area contributed by atoms with Gasteiger partial charge in [-0.25, -0.2) is 9.97 Å². The van der Waals surface area contributed by atoms with Gasteiger partial charge in [0.2, 0.25) is 0 Å². The van der Waals surface area contributed by atoms with E-state index < -0.39 is 0 Å². The number of benzene rings is 3. The van der Waals surface area contributed by atoms with Crippen LogP contribution >= 0.6 is 11.3 Å². The topological polar surface area (TPSA) is 41.1 Å². The molecule has 0 radical (unpaired) electrons. The molecule has 148 valence electrons. The van der Waals surface area contributed by atoms with Crippen LogP contribution in [0, 0.1) is 0 Å². The van der Waals surface area contributed by atoms with E-state index >= 15 is 0 Å². The SMILES string of the molecule is CN(C)c1ccc(-c2nc3ccccc3c3nc(NCc4ccccc4)sc23)cc1. The summed E-state index contributed by atoms with van der Waals surface area (Å²) in [6.45, 7) is 0.749. The van der Waals surface area contributed by atoms with E-state index in [1.165, 1.54) is 11.3 Å². The van der Waals surface area contributed by atoms with Crippen molar-refractivity contribution in [3.8, 4) is 11.3 Å². The number of anilines is 2. The lowest BCUT2D eigenvalue weighted by atomic mass is 10.1. The molecular weight excluding hydrogens is 388 g/mol. The molecule has 0 saturated heterocycles. The molecule has 5 rings (SSSR count). The van der Waals surface area contributed by atoms with Gasteiger partial charge >= 0.3 is 0 Å². The van der Waals surface area contributed by atoms with Crippen LogP contribution in [0.25, 0.3) is 32.4 Å². The summed E-state index contributed by atoms with van der Waals surface area (Å²) >= 11 is 1.67. The summed E-state index contributed by atoms with van der Waals surface area (Å²) in [6.07, 6.45) is 0. The maximum absolute atomic E-state index is 5.01. The van der Waals surface area contributed by atoms with Gasteiger partial charge in [0.1, 0.15) is 0 Å². The first-order valence-corrected chi connectivity index (χ1v) is 10.8. The Bertz CT molecular complexity index is 1310. The molecule has 0 spiro atoms.